The summed E-state index contributed by atoms with van der Waals surface area (Å²) in [6, 6.07) is 0. The number of rotatable bonds is 2. The van der Waals surface area contributed by atoms with E-state index in [1.165, 1.54) is 0 Å². The highest BCUT2D eigenvalue weighted by Crippen LogP contribution is 2.13. The van der Waals surface area contributed by atoms with Gasteiger partial charge in [-0.25, -0.2) is 4.98 Å². The van der Waals surface area contributed by atoms with E-state index in [1.807, 2.05) is 16.5 Å². The fraction of sp³-hybridized carbons (Fsp3) is 0.667. The Labute approximate surface area is 82.6 Å². The third-order valence-corrected chi connectivity index (χ3v) is 2.64. The van der Waals surface area contributed by atoms with E-state index in [0.29, 0.717) is 13.1 Å². The summed E-state index contributed by atoms with van der Waals surface area (Å²) in [6.45, 7) is 1.79. The van der Waals surface area contributed by atoms with Gasteiger partial charge in [0, 0.05) is 32.9 Å². The van der Waals surface area contributed by atoms with E-state index < -0.39 is 12.2 Å². The second kappa shape index (κ2) is 3.68. The van der Waals surface area contributed by atoms with Crippen molar-refractivity contribution < 1.29 is 10.2 Å². The molecule has 1 fully saturated rings. The predicted octanol–water partition coefficient (Wildman–Crippen LogP) is -1.04. The number of hydrogen-bond donors (Lipinski definition) is 2. The van der Waals surface area contributed by atoms with Gasteiger partial charge in [-0.1, -0.05) is 0 Å². The van der Waals surface area contributed by atoms with Crippen LogP contribution in [0.1, 0.15) is 5.69 Å². The summed E-state index contributed by atoms with van der Waals surface area (Å²) < 4.78 is 1.94. The average Bonchev–Trinajstić information content (AvgIpc) is 2.63. The van der Waals surface area contributed by atoms with E-state index in [-0.39, 0.29) is 0 Å². The molecule has 2 atom stereocenters. The zero-order chi connectivity index (χ0) is 10.1. The zero-order valence-corrected chi connectivity index (χ0v) is 8.17. The maximum atomic E-state index is 9.35. The first-order valence-corrected chi connectivity index (χ1v) is 4.70. The second-order valence-electron chi connectivity index (χ2n) is 3.82. The summed E-state index contributed by atoms with van der Waals surface area (Å²) in [7, 11) is 1.94. The molecule has 1 aromatic heterocycles. The van der Waals surface area contributed by atoms with Crippen LogP contribution < -0.4 is 0 Å². The minimum atomic E-state index is -0.608. The molecular formula is C9H15N3O2. The highest BCUT2D eigenvalue weighted by molar-refractivity contribution is 4.99. The first-order chi connectivity index (χ1) is 6.66. The largest absolute Gasteiger partial charge is 0.389 e. The van der Waals surface area contributed by atoms with Gasteiger partial charge in [-0.15, -0.1) is 0 Å². The van der Waals surface area contributed by atoms with Gasteiger partial charge < -0.3 is 14.8 Å². The van der Waals surface area contributed by atoms with Crippen LogP contribution >= 0.6 is 0 Å². The Hall–Kier alpha value is -0.910. The lowest BCUT2D eigenvalue weighted by atomic mass is 10.3. The van der Waals surface area contributed by atoms with E-state index in [0.717, 1.165) is 12.2 Å². The number of aliphatic hydroxyl groups is 2. The van der Waals surface area contributed by atoms with Crippen LogP contribution in [0.25, 0.3) is 0 Å². The van der Waals surface area contributed by atoms with Crippen LogP contribution in [0.2, 0.25) is 0 Å². The molecule has 5 nitrogen and oxygen atoms in total. The zero-order valence-electron chi connectivity index (χ0n) is 8.17. The molecule has 1 aliphatic heterocycles. The Morgan fingerprint density at radius 1 is 1.43 bits per heavy atom. The van der Waals surface area contributed by atoms with Crippen molar-refractivity contribution in [2.24, 2.45) is 7.05 Å². The Bertz CT molecular complexity index is 303. The van der Waals surface area contributed by atoms with E-state index in [1.54, 1.807) is 12.5 Å². The van der Waals surface area contributed by atoms with E-state index in [9.17, 15) is 10.2 Å². The summed E-state index contributed by atoms with van der Waals surface area (Å²) in [4.78, 5) is 6.03. The van der Waals surface area contributed by atoms with Crippen LogP contribution in [0.5, 0.6) is 0 Å². The van der Waals surface area contributed by atoms with Gasteiger partial charge in [-0.05, 0) is 0 Å². The summed E-state index contributed by atoms with van der Waals surface area (Å²) in [5.41, 5.74) is 1.09. The monoisotopic (exact) mass is 197 g/mol. The molecule has 0 spiro atoms. The third kappa shape index (κ3) is 1.79. The number of β-amino-alcohol motifs (C(OH)–C–C–N with tert-alkyl or cyclic N) is 2. The number of hydrogen-bond acceptors (Lipinski definition) is 4. The van der Waals surface area contributed by atoms with Gasteiger partial charge in [-0.2, -0.15) is 0 Å². The molecule has 5 heteroatoms. The average molecular weight is 197 g/mol. The van der Waals surface area contributed by atoms with Gasteiger partial charge in [0.25, 0.3) is 0 Å². The number of likely N-dealkylation sites (tertiary alicyclic amines) is 1. The molecule has 2 rings (SSSR count). The van der Waals surface area contributed by atoms with Gasteiger partial charge in [0.2, 0.25) is 0 Å². The lowest BCUT2D eigenvalue weighted by Gasteiger charge is -2.14. The van der Waals surface area contributed by atoms with Gasteiger partial charge >= 0.3 is 0 Å². The smallest absolute Gasteiger partial charge is 0.0945 e. The highest BCUT2D eigenvalue weighted by Gasteiger charge is 2.29. The van der Waals surface area contributed by atoms with Crippen molar-refractivity contribution in [3.63, 3.8) is 0 Å². The molecule has 14 heavy (non-hydrogen) atoms. The van der Waals surface area contributed by atoms with Crippen molar-refractivity contribution >= 4 is 0 Å². The molecule has 0 amide bonds. The second-order valence-corrected chi connectivity index (χ2v) is 3.82. The lowest BCUT2D eigenvalue weighted by molar-refractivity contribution is 0.0572. The topological polar surface area (TPSA) is 61.5 Å². The molecule has 0 saturated carbocycles. The molecule has 0 unspecified atom stereocenters. The number of aryl methyl sites for hydroxylation is 1. The number of aromatic nitrogens is 2. The Balaban J connectivity index is 1.97. The molecule has 0 bridgehead atoms. The molecule has 0 aliphatic carbocycles. The lowest BCUT2D eigenvalue weighted by Crippen LogP contribution is -2.22. The standard InChI is InChI=1S/C9H15N3O2/c1-11-6-10-2-7(11)3-12-4-8(13)9(14)5-12/h2,6,8-9,13-14H,3-5H2,1H3/t8-,9+. The number of aliphatic hydroxyl groups excluding tert-OH is 2. The van der Waals surface area contributed by atoms with Crippen molar-refractivity contribution in [2.75, 3.05) is 13.1 Å². The summed E-state index contributed by atoms with van der Waals surface area (Å²) in [5, 5.41) is 18.7. The molecule has 2 N–H and O–H groups in total. The first-order valence-electron chi connectivity index (χ1n) is 4.70. The van der Waals surface area contributed by atoms with E-state index >= 15 is 0 Å². The quantitative estimate of drug-likeness (QED) is 0.635. The molecule has 1 aromatic rings. The van der Waals surface area contributed by atoms with Crippen molar-refractivity contribution in [1.82, 2.24) is 14.5 Å². The van der Waals surface area contributed by atoms with Crippen molar-refractivity contribution in [3.05, 3.63) is 18.2 Å². The maximum Gasteiger partial charge on any atom is 0.0945 e. The van der Waals surface area contributed by atoms with Crippen LogP contribution in [0.4, 0.5) is 0 Å². The van der Waals surface area contributed by atoms with Gasteiger partial charge in [0.15, 0.2) is 0 Å². The van der Waals surface area contributed by atoms with Gasteiger partial charge in [0.05, 0.1) is 24.2 Å². The molecule has 1 saturated heterocycles. The molecule has 78 valence electrons. The van der Waals surface area contributed by atoms with Crippen LogP contribution in [0.3, 0.4) is 0 Å². The molecule has 1 aliphatic rings. The van der Waals surface area contributed by atoms with Crippen LogP contribution in [-0.2, 0) is 13.6 Å². The molecule has 0 radical (unpaired) electrons. The third-order valence-electron chi connectivity index (χ3n) is 2.64. The normalized spacial score (nSPS) is 28.5. The predicted molar refractivity (Wildman–Crippen MR) is 50.5 cm³/mol. The van der Waals surface area contributed by atoms with Crippen molar-refractivity contribution in [2.45, 2.75) is 18.8 Å². The first kappa shape index (κ1) is 9.64. The highest BCUT2D eigenvalue weighted by atomic mass is 16.3. The Kier molecular flexibility index (Phi) is 2.54. The van der Waals surface area contributed by atoms with Crippen molar-refractivity contribution in [3.8, 4) is 0 Å². The van der Waals surface area contributed by atoms with Crippen LogP contribution in [0.15, 0.2) is 12.5 Å². The summed E-state index contributed by atoms with van der Waals surface area (Å²) in [5.74, 6) is 0. The van der Waals surface area contributed by atoms with Crippen LogP contribution in [0, 0.1) is 0 Å². The number of imidazole rings is 1. The summed E-state index contributed by atoms with van der Waals surface area (Å²) in [6.07, 6.45) is 2.33. The minimum Gasteiger partial charge on any atom is -0.389 e. The van der Waals surface area contributed by atoms with Gasteiger partial charge in [-0.3, -0.25) is 4.90 Å². The fourth-order valence-corrected chi connectivity index (χ4v) is 1.74. The Morgan fingerprint density at radius 2 is 2.07 bits per heavy atom. The Morgan fingerprint density at radius 3 is 2.57 bits per heavy atom. The van der Waals surface area contributed by atoms with Crippen molar-refractivity contribution in [1.29, 1.82) is 0 Å². The summed E-state index contributed by atoms with van der Waals surface area (Å²) >= 11 is 0. The van der Waals surface area contributed by atoms with E-state index in [4.69, 9.17) is 0 Å². The van der Waals surface area contributed by atoms with Gasteiger partial charge in [0.1, 0.15) is 0 Å². The molecular weight excluding hydrogens is 182 g/mol. The minimum absolute atomic E-state index is 0.534. The SMILES string of the molecule is Cn1cncc1CN1C[C@@H](O)[C@@H](O)C1. The van der Waals surface area contributed by atoms with E-state index in [2.05, 4.69) is 4.98 Å². The fourth-order valence-electron chi connectivity index (χ4n) is 1.74. The number of nitrogens with zero attached hydrogens (tertiary/aromatic N) is 3. The maximum absolute atomic E-state index is 9.35. The molecule has 0 aromatic carbocycles. The van der Waals surface area contributed by atoms with Crippen LogP contribution in [-0.4, -0.2) is 50.0 Å². The molecule has 2 heterocycles.